The molecule has 0 N–H and O–H groups in total. The first-order valence-electron chi connectivity index (χ1n) is 4.73. The lowest BCUT2D eigenvalue weighted by Crippen LogP contribution is -2.05. The maximum absolute atomic E-state index is 11.5. The summed E-state index contributed by atoms with van der Waals surface area (Å²) in [6.45, 7) is 1.88. The Balaban J connectivity index is 2.30. The van der Waals surface area contributed by atoms with E-state index in [9.17, 15) is 4.79 Å². The molecule has 2 rings (SSSR count). The number of hydrogen-bond acceptors (Lipinski definition) is 2. The molecule has 0 amide bonds. The van der Waals surface area contributed by atoms with E-state index in [4.69, 9.17) is 27.9 Å². The summed E-state index contributed by atoms with van der Waals surface area (Å²) in [5, 5.41) is 0.973. The highest BCUT2D eigenvalue weighted by atomic mass is 35.5. The largest absolute Gasteiger partial charge is 0.462 e. The van der Waals surface area contributed by atoms with Gasteiger partial charge in [-0.2, -0.15) is 0 Å². The zero-order valence-corrected chi connectivity index (χ0v) is 9.68. The normalized spacial score (nSPS) is 25.4. The van der Waals surface area contributed by atoms with Crippen LogP contribution in [0.5, 0.6) is 0 Å². The maximum atomic E-state index is 11.5. The van der Waals surface area contributed by atoms with E-state index >= 15 is 0 Å². The summed E-state index contributed by atoms with van der Waals surface area (Å²) < 4.78 is 5.08. The topological polar surface area (TPSA) is 26.3 Å². The molecule has 0 bridgehead atoms. The van der Waals surface area contributed by atoms with Gasteiger partial charge in [-0.25, -0.2) is 0 Å². The van der Waals surface area contributed by atoms with Crippen LogP contribution in [-0.2, 0) is 9.53 Å². The second-order valence-electron chi connectivity index (χ2n) is 3.71. The standard InChI is InChI=1S/C11H10Cl2O2/c1-6-4-8(11(14)15-6)7-2-3-9(12)10(13)5-7/h2-3,5-6,8H,4H2,1H3. The van der Waals surface area contributed by atoms with Gasteiger partial charge in [0.1, 0.15) is 6.10 Å². The fraction of sp³-hybridized carbons (Fsp3) is 0.364. The van der Waals surface area contributed by atoms with Gasteiger partial charge in [0.05, 0.1) is 16.0 Å². The van der Waals surface area contributed by atoms with E-state index in [0.717, 1.165) is 5.56 Å². The third kappa shape index (κ3) is 2.11. The van der Waals surface area contributed by atoms with Crippen molar-refractivity contribution >= 4 is 29.2 Å². The second kappa shape index (κ2) is 4.03. The molecule has 0 radical (unpaired) electrons. The van der Waals surface area contributed by atoms with Crippen molar-refractivity contribution < 1.29 is 9.53 Å². The van der Waals surface area contributed by atoms with E-state index in [-0.39, 0.29) is 18.0 Å². The van der Waals surface area contributed by atoms with Crippen LogP contribution in [0.2, 0.25) is 10.0 Å². The van der Waals surface area contributed by atoms with Crippen molar-refractivity contribution in [2.45, 2.75) is 25.4 Å². The van der Waals surface area contributed by atoms with Crippen LogP contribution in [0.4, 0.5) is 0 Å². The smallest absolute Gasteiger partial charge is 0.313 e. The predicted octanol–water partition coefficient (Wildman–Crippen LogP) is 3.41. The van der Waals surface area contributed by atoms with E-state index in [1.165, 1.54) is 0 Å². The summed E-state index contributed by atoms with van der Waals surface area (Å²) in [6.07, 6.45) is 0.688. The van der Waals surface area contributed by atoms with E-state index in [2.05, 4.69) is 0 Å². The zero-order chi connectivity index (χ0) is 11.0. The van der Waals surface area contributed by atoms with E-state index in [1.807, 2.05) is 13.0 Å². The van der Waals surface area contributed by atoms with Gasteiger partial charge in [0, 0.05) is 6.42 Å². The highest BCUT2D eigenvalue weighted by Gasteiger charge is 2.33. The van der Waals surface area contributed by atoms with Gasteiger partial charge in [0.2, 0.25) is 0 Å². The number of hydrogen-bond donors (Lipinski definition) is 0. The van der Waals surface area contributed by atoms with Crippen molar-refractivity contribution in [1.29, 1.82) is 0 Å². The number of esters is 1. The first-order chi connectivity index (χ1) is 7.08. The van der Waals surface area contributed by atoms with Gasteiger partial charge in [0.25, 0.3) is 0 Å². The molecule has 4 heteroatoms. The molecule has 1 heterocycles. The fourth-order valence-corrected chi connectivity index (χ4v) is 2.06. The fourth-order valence-electron chi connectivity index (χ4n) is 1.76. The predicted molar refractivity (Wildman–Crippen MR) is 59.4 cm³/mol. The van der Waals surface area contributed by atoms with Gasteiger partial charge in [0.15, 0.2) is 0 Å². The van der Waals surface area contributed by atoms with Crippen molar-refractivity contribution in [3.05, 3.63) is 33.8 Å². The van der Waals surface area contributed by atoms with Crippen LogP contribution in [0, 0.1) is 0 Å². The lowest BCUT2D eigenvalue weighted by Gasteiger charge is -2.06. The summed E-state index contributed by atoms with van der Waals surface area (Å²) in [6, 6.07) is 5.25. The maximum Gasteiger partial charge on any atom is 0.313 e. The van der Waals surface area contributed by atoms with E-state index in [0.29, 0.717) is 16.5 Å². The van der Waals surface area contributed by atoms with E-state index < -0.39 is 0 Å². The molecule has 1 saturated heterocycles. The van der Waals surface area contributed by atoms with Crippen molar-refractivity contribution in [2.24, 2.45) is 0 Å². The van der Waals surface area contributed by atoms with Crippen LogP contribution in [0.25, 0.3) is 0 Å². The summed E-state index contributed by atoms with van der Waals surface area (Å²) in [7, 11) is 0. The van der Waals surface area contributed by atoms with Crippen LogP contribution in [0.15, 0.2) is 18.2 Å². The quantitative estimate of drug-likeness (QED) is 0.708. The number of carbonyl (C=O) groups is 1. The van der Waals surface area contributed by atoms with Gasteiger partial charge < -0.3 is 4.74 Å². The molecule has 1 aromatic carbocycles. The van der Waals surface area contributed by atoms with Gasteiger partial charge in [-0.1, -0.05) is 29.3 Å². The Bertz CT molecular complexity index is 404. The van der Waals surface area contributed by atoms with Crippen molar-refractivity contribution in [3.63, 3.8) is 0 Å². The lowest BCUT2D eigenvalue weighted by molar-refractivity contribution is -0.141. The second-order valence-corrected chi connectivity index (χ2v) is 4.52. The monoisotopic (exact) mass is 244 g/mol. The molecule has 1 fully saturated rings. The molecule has 1 aromatic rings. The number of cyclic esters (lactones) is 1. The number of benzene rings is 1. The summed E-state index contributed by atoms with van der Waals surface area (Å²) in [4.78, 5) is 11.5. The molecule has 15 heavy (non-hydrogen) atoms. The van der Waals surface area contributed by atoms with Crippen LogP contribution < -0.4 is 0 Å². The van der Waals surface area contributed by atoms with Gasteiger partial charge in [-0.3, -0.25) is 4.79 Å². The molecule has 2 atom stereocenters. The number of carbonyl (C=O) groups excluding carboxylic acids is 1. The van der Waals surface area contributed by atoms with Crippen molar-refractivity contribution in [1.82, 2.24) is 0 Å². The molecule has 80 valence electrons. The van der Waals surface area contributed by atoms with Crippen LogP contribution in [0.3, 0.4) is 0 Å². The average molecular weight is 245 g/mol. The molecule has 2 nitrogen and oxygen atoms in total. The zero-order valence-electron chi connectivity index (χ0n) is 8.17. The summed E-state index contributed by atoms with van der Waals surface area (Å²) in [5.41, 5.74) is 0.874. The molecular formula is C11H10Cl2O2. The Morgan fingerprint density at radius 3 is 2.60 bits per heavy atom. The van der Waals surface area contributed by atoms with Crippen LogP contribution >= 0.6 is 23.2 Å². The van der Waals surface area contributed by atoms with Crippen molar-refractivity contribution in [2.75, 3.05) is 0 Å². The lowest BCUT2D eigenvalue weighted by atomic mass is 9.96. The average Bonchev–Trinajstić information content (AvgIpc) is 2.50. The highest BCUT2D eigenvalue weighted by Crippen LogP contribution is 2.33. The first kappa shape index (κ1) is 10.8. The molecule has 2 unspecified atom stereocenters. The summed E-state index contributed by atoms with van der Waals surface area (Å²) >= 11 is 11.7. The van der Waals surface area contributed by atoms with Gasteiger partial charge in [-0.05, 0) is 24.6 Å². The molecule has 0 saturated carbocycles. The minimum atomic E-state index is -0.199. The third-order valence-corrected chi connectivity index (χ3v) is 3.25. The Morgan fingerprint density at radius 1 is 1.33 bits per heavy atom. The summed E-state index contributed by atoms with van der Waals surface area (Å²) in [5.74, 6) is -0.379. The molecule has 1 aliphatic rings. The SMILES string of the molecule is CC1CC(c2ccc(Cl)c(Cl)c2)C(=O)O1. The van der Waals surface area contributed by atoms with Crippen molar-refractivity contribution in [3.8, 4) is 0 Å². The van der Waals surface area contributed by atoms with Gasteiger partial charge >= 0.3 is 5.97 Å². The van der Waals surface area contributed by atoms with Crippen LogP contribution in [-0.4, -0.2) is 12.1 Å². The third-order valence-electron chi connectivity index (χ3n) is 2.52. The molecule has 0 aromatic heterocycles. The minimum absolute atomic E-state index is 0.0167. The highest BCUT2D eigenvalue weighted by molar-refractivity contribution is 6.42. The van der Waals surface area contributed by atoms with Gasteiger partial charge in [-0.15, -0.1) is 0 Å². The molecule has 0 aliphatic carbocycles. The number of ether oxygens (including phenoxy) is 1. The Kier molecular flexibility index (Phi) is 2.89. The molecule has 1 aliphatic heterocycles. The Hall–Kier alpha value is -0.730. The Labute approximate surface area is 98.1 Å². The minimum Gasteiger partial charge on any atom is -0.462 e. The molecular weight excluding hydrogens is 235 g/mol. The first-order valence-corrected chi connectivity index (χ1v) is 5.49. The molecule has 0 spiro atoms. The number of halogens is 2. The van der Waals surface area contributed by atoms with E-state index in [1.54, 1.807) is 12.1 Å². The van der Waals surface area contributed by atoms with Crippen LogP contribution in [0.1, 0.15) is 24.8 Å². The Morgan fingerprint density at radius 2 is 2.07 bits per heavy atom. The number of rotatable bonds is 1.